The van der Waals surface area contributed by atoms with Crippen LogP contribution in [0.25, 0.3) is 0 Å². The minimum atomic E-state index is -1.42. The van der Waals surface area contributed by atoms with Crippen LogP contribution < -0.4 is 0 Å². The Balaban J connectivity index is 2.72. The number of rotatable bonds is 4. The fourth-order valence-electron chi connectivity index (χ4n) is 1.00. The first kappa shape index (κ1) is 12.7. The Morgan fingerprint density at radius 2 is 2.20 bits per heavy atom. The molecule has 0 saturated carbocycles. The summed E-state index contributed by atoms with van der Waals surface area (Å²) in [6, 6.07) is 5.19. The zero-order valence-electron chi connectivity index (χ0n) is 7.57. The van der Waals surface area contributed by atoms with Crippen molar-refractivity contribution in [1.82, 2.24) is 0 Å². The van der Waals surface area contributed by atoms with E-state index in [1.165, 1.54) is 0 Å². The van der Waals surface area contributed by atoms with Gasteiger partial charge in [-0.25, -0.2) is 0 Å². The summed E-state index contributed by atoms with van der Waals surface area (Å²) in [4.78, 5) is 10.3. The van der Waals surface area contributed by atoms with Gasteiger partial charge in [0, 0.05) is 20.3 Å². The number of halogens is 2. The highest BCUT2D eigenvalue weighted by molar-refractivity contribution is 9.10. The number of carbonyl (C=O) groups is 1. The number of benzene rings is 1. The lowest BCUT2D eigenvalue weighted by Crippen LogP contribution is -2.10. The van der Waals surface area contributed by atoms with Crippen LogP contribution in [-0.2, 0) is 21.3 Å². The first-order valence-corrected chi connectivity index (χ1v) is 6.65. The van der Waals surface area contributed by atoms with E-state index in [0.29, 0.717) is 10.6 Å². The Hall–Kier alpha value is -0.390. The highest BCUT2D eigenvalue weighted by atomic mass is 79.9. The summed E-state index contributed by atoms with van der Waals surface area (Å²) in [5.41, 5.74) is 0.694. The van der Waals surface area contributed by atoms with Crippen molar-refractivity contribution >= 4 is 44.3 Å². The second-order valence-corrected chi connectivity index (χ2v) is 5.64. The standard InChI is InChI=1S/C9H8BrClO3S/c10-7-2-1-6(8(11)3-7)4-15(14)5-9(12)13/h1-3H,4-5H2,(H,12,13). The lowest BCUT2D eigenvalue weighted by Gasteiger charge is -2.03. The second-order valence-electron chi connectivity index (χ2n) is 2.86. The molecule has 0 radical (unpaired) electrons. The molecule has 15 heavy (non-hydrogen) atoms. The third-order valence-corrected chi connectivity index (χ3v) is 3.66. The van der Waals surface area contributed by atoms with Gasteiger partial charge in [0.15, 0.2) is 0 Å². The van der Waals surface area contributed by atoms with Crippen LogP contribution in [-0.4, -0.2) is 21.0 Å². The van der Waals surface area contributed by atoms with Crippen LogP contribution >= 0.6 is 27.5 Å². The molecule has 0 fully saturated rings. The van der Waals surface area contributed by atoms with E-state index in [1.54, 1.807) is 18.2 Å². The molecule has 6 heteroatoms. The van der Waals surface area contributed by atoms with E-state index < -0.39 is 16.8 Å². The van der Waals surface area contributed by atoms with E-state index in [9.17, 15) is 9.00 Å². The van der Waals surface area contributed by atoms with Gasteiger partial charge in [0.2, 0.25) is 0 Å². The van der Waals surface area contributed by atoms with Gasteiger partial charge in [-0.3, -0.25) is 9.00 Å². The highest BCUT2D eigenvalue weighted by Crippen LogP contribution is 2.22. The SMILES string of the molecule is O=C(O)CS(=O)Cc1ccc(Br)cc1Cl. The summed E-state index contributed by atoms with van der Waals surface area (Å²) < 4.78 is 12.2. The zero-order valence-corrected chi connectivity index (χ0v) is 10.7. The van der Waals surface area contributed by atoms with Crippen molar-refractivity contribution in [2.24, 2.45) is 0 Å². The van der Waals surface area contributed by atoms with Gasteiger partial charge >= 0.3 is 5.97 Å². The number of aliphatic carboxylic acids is 1. The van der Waals surface area contributed by atoms with Crippen LogP contribution in [0, 0.1) is 0 Å². The van der Waals surface area contributed by atoms with E-state index in [0.717, 1.165) is 4.47 Å². The molecule has 0 saturated heterocycles. The first-order valence-electron chi connectivity index (χ1n) is 3.99. The number of carboxylic acid groups (broad SMARTS) is 1. The Bertz CT molecular complexity index is 408. The van der Waals surface area contributed by atoms with Gasteiger partial charge in [-0.1, -0.05) is 33.6 Å². The molecule has 0 aliphatic carbocycles. The van der Waals surface area contributed by atoms with E-state index in [4.69, 9.17) is 16.7 Å². The zero-order chi connectivity index (χ0) is 11.4. The van der Waals surface area contributed by atoms with Crippen LogP contribution in [0.15, 0.2) is 22.7 Å². The highest BCUT2D eigenvalue weighted by Gasteiger charge is 2.09. The van der Waals surface area contributed by atoms with Crippen molar-refractivity contribution < 1.29 is 14.1 Å². The van der Waals surface area contributed by atoms with Gasteiger partial charge in [0.25, 0.3) is 0 Å². The minimum absolute atomic E-state index is 0.165. The average Bonchev–Trinajstić information content (AvgIpc) is 2.08. The molecule has 1 aromatic rings. The molecule has 0 heterocycles. The number of hydrogen-bond acceptors (Lipinski definition) is 2. The Morgan fingerprint density at radius 1 is 1.53 bits per heavy atom. The van der Waals surface area contributed by atoms with Gasteiger partial charge in [-0.15, -0.1) is 0 Å². The Labute approximate surface area is 103 Å². The molecule has 0 aromatic heterocycles. The normalized spacial score (nSPS) is 12.4. The summed E-state index contributed by atoms with van der Waals surface area (Å²) >= 11 is 9.15. The summed E-state index contributed by atoms with van der Waals surface area (Å²) in [6.07, 6.45) is 0. The van der Waals surface area contributed by atoms with Gasteiger partial charge in [0.1, 0.15) is 5.75 Å². The Morgan fingerprint density at radius 3 is 2.73 bits per heavy atom. The molecular formula is C9H8BrClO3S. The predicted molar refractivity (Wildman–Crippen MR) is 63.5 cm³/mol. The van der Waals surface area contributed by atoms with E-state index in [-0.39, 0.29) is 11.5 Å². The van der Waals surface area contributed by atoms with E-state index in [1.807, 2.05) is 0 Å². The molecular weight excluding hydrogens is 304 g/mol. The van der Waals surface area contributed by atoms with Crippen molar-refractivity contribution in [2.45, 2.75) is 5.75 Å². The third kappa shape index (κ3) is 4.32. The van der Waals surface area contributed by atoms with Crippen molar-refractivity contribution in [3.05, 3.63) is 33.3 Å². The summed E-state index contributed by atoms with van der Waals surface area (Å²) in [7, 11) is -1.42. The lowest BCUT2D eigenvalue weighted by molar-refractivity contribution is -0.133. The maximum atomic E-state index is 11.3. The Kier molecular flexibility index (Phi) is 4.76. The number of hydrogen-bond donors (Lipinski definition) is 1. The fourth-order valence-corrected chi connectivity index (χ4v) is 2.80. The molecule has 1 rings (SSSR count). The van der Waals surface area contributed by atoms with E-state index >= 15 is 0 Å². The van der Waals surface area contributed by atoms with Crippen molar-refractivity contribution in [2.75, 3.05) is 5.75 Å². The summed E-state index contributed by atoms with van der Waals surface area (Å²) in [5, 5.41) is 8.93. The van der Waals surface area contributed by atoms with Gasteiger partial charge < -0.3 is 5.11 Å². The topological polar surface area (TPSA) is 54.4 Å². The van der Waals surface area contributed by atoms with Crippen molar-refractivity contribution in [3.8, 4) is 0 Å². The van der Waals surface area contributed by atoms with Crippen LogP contribution in [0.2, 0.25) is 5.02 Å². The monoisotopic (exact) mass is 310 g/mol. The van der Waals surface area contributed by atoms with Crippen LogP contribution in [0.5, 0.6) is 0 Å². The van der Waals surface area contributed by atoms with Gasteiger partial charge in [0.05, 0.1) is 5.75 Å². The molecule has 1 aromatic carbocycles. The largest absolute Gasteiger partial charge is 0.481 e. The van der Waals surface area contributed by atoms with Gasteiger partial charge in [-0.2, -0.15) is 0 Å². The maximum Gasteiger partial charge on any atom is 0.316 e. The van der Waals surface area contributed by atoms with Crippen molar-refractivity contribution in [1.29, 1.82) is 0 Å². The second kappa shape index (κ2) is 5.63. The molecule has 1 unspecified atom stereocenters. The van der Waals surface area contributed by atoms with E-state index in [2.05, 4.69) is 15.9 Å². The summed E-state index contributed by atoms with van der Waals surface area (Å²) in [6.45, 7) is 0. The summed E-state index contributed by atoms with van der Waals surface area (Å²) in [5.74, 6) is -1.26. The minimum Gasteiger partial charge on any atom is -0.481 e. The molecule has 0 spiro atoms. The van der Waals surface area contributed by atoms with Crippen LogP contribution in [0.4, 0.5) is 0 Å². The van der Waals surface area contributed by atoms with Crippen LogP contribution in [0.1, 0.15) is 5.56 Å². The maximum absolute atomic E-state index is 11.3. The van der Waals surface area contributed by atoms with Gasteiger partial charge in [-0.05, 0) is 17.7 Å². The molecule has 0 amide bonds. The quantitative estimate of drug-likeness (QED) is 0.929. The van der Waals surface area contributed by atoms with Crippen LogP contribution in [0.3, 0.4) is 0 Å². The molecule has 0 aliphatic heterocycles. The molecule has 0 aliphatic rings. The number of carboxylic acids is 1. The van der Waals surface area contributed by atoms with Crippen molar-refractivity contribution in [3.63, 3.8) is 0 Å². The lowest BCUT2D eigenvalue weighted by atomic mass is 10.2. The third-order valence-electron chi connectivity index (χ3n) is 1.62. The fraction of sp³-hybridized carbons (Fsp3) is 0.222. The first-order chi connectivity index (χ1) is 6.99. The molecule has 1 N–H and O–H groups in total. The molecule has 82 valence electrons. The average molecular weight is 312 g/mol. The molecule has 3 nitrogen and oxygen atoms in total. The molecule has 1 atom stereocenters. The molecule has 0 bridgehead atoms. The predicted octanol–water partition coefficient (Wildman–Crippen LogP) is 2.44. The smallest absolute Gasteiger partial charge is 0.316 e.